The maximum Gasteiger partial charge on any atom is 0.254 e. The van der Waals surface area contributed by atoms with E-state index in [4.69, 9.17) is 0 Å². The van der Waals surface area contributed by atoms with Gasteiger partial charge in [-0.1, -0.05) is 12.8 Å². The number of aliphatic hydroxyl groups is 1. The maximum absolute atomic E-state index is 13.3. The molecule has 5 heteroatoms. The van der Waals surface area contributed by atoms with E-state index in [1.807, 2.05) is 0 Å². The number of hydrogen-bond acceptors (Lipinski definition) is 3. The number of hydrogen-bond donors (Lipinski definition) is 2. The first-order chi connectivity index (χ1) is 8.18. The van der Waals surface area contributed by atoms with Gasteiger partial charge in [-0.3, -0.25) is 9.78 Å². The van der Waals surface area contributed by atoms with Crippen molar-refractivity contribution in [3.8, 4) is 0 Å². The summed E-state index contributed by atoms with van der Waals surface area (Å²) in [6.07, 6.45) is 5.21. The van der Waals surface area contributed by atoms with Crippen molar-refractivity contribution in [2.45, 2.75) is 37.8 Å². The zero-order valence-electron chi connectivity index (χ0n) is 9.40. The summed E-state index contributed by atoms with van der Waals surface area (Å²) in [5.41, 5.74) is -0.0298. The van der Waals surface area contributed by atoms with Crippen LogP contribution in [0.4, 0.5) is 4.39 Å². The lowest BCUT2D eigenvalue weighted by atomic mass is 9.92. The molecule has 1 aromatic heterocycles. The molecule has 1 aliphatic carbocycles. The Morgan fingerprint density at radius 1 is 1.47 bits per heavy atom. The van der Waals surface area contributed by atoms with E-state index < -0.39 is 17.8 Å². The summed E-state index contributed by atoms with van der Waals surface area (Å²) in [4.78, 5) is 15.4. The van der Waals surface area contributed by atoms with Crippen LogP contribution in [0.15, 0.2) is 18.5 Å². The Bertz CT molecular complexity index is 411. The van der Waals surface area contributed by atoms with Gasteiger partial charge in [0.05, 0.1) is 23.9 Å². The van der Waals surface area contributed by atoms with Crippen molar-refractivity contribution in [1.29, 1.82) is 0 Å². The van der Waals surface area contributed by atoms with E-state index in [-0.39, 0.29) is 11.6 Å². The van der Waals surface area contributed by atoms with E-state index in [1.54, 1.807) is 0 Å². The number of nitrogens with zero attached hydrogens (tertiary/aromatic N) is 1. The zero-order valence-corrected chi connectivity index (χ0v) is 9.40. The largest absolute Gasteiger partial charge is 0.391 e. The smallest absolute Gasteiger partial charge is 0.254 e. The molecular weight excluding hydrogens is 223 g/mol. The number of pyridine rings is 1. The first-order valence-corrected chi connectivity index (χ1v) is 5.77. The van der Waals surface area contributed by atoms with Gasteiger partial charge in [0.15, 0.2) is 5.82 Å². The summed E-state index contributed by atoms with van der Waals surface area (Å²) in [7, 11) is 0. The fraction of sp³-hybridized carbons (Fsp3) is 0.500. The fourth-order valence-electron chi connectivity index (χ4n) is 2.09. The van der Waals surface area contributed by atoms with Crippen LogP contribution in [-0.2, 0) is 0 Å². The van der Waals surface area contributed by atoms with Crippen LogP contribution in [0.3, 0.4) is 0 Å². The van der Waals surface area contributed by atoms with Crippen LogP contribution in [0.25, 0.3) is 0 Å². The van der Waals surface area contributed by atoms with E-state index in [0.29, 0.717) is 6.42 Å². The summed E-state index contributed by atoms with van der Waals surface area (Å²) in [6.45, 7) is 0. The minimum atomic E-state index is -0.643. The van der Waals surface area contributed by atoms with Crippen LogP contribution in [-0.4, -0.2) is 28.1 Å². The van der Waals surface area contributed by atoms with Crippen LogP contribution in [0, 0.1) is 5.82 Å². The second-order valence-corrected chi connectivity index (χ2v) is 4.29. The summed E-state index contributed by atoms with van der Waals surface area (Å²) < 4.78 is 13.3. The molecule has 17 heavy (non-hydrogen) atoms. The van der Waals surface area contributed by atoms with Crippen molar-refractivity contribution in [2.75, 3.05) is 0 Å². The van der Waals surface area contributed by atoms with Crippen LogP contribution in [0.2, 0.25) is 0 Å². The first kappa shape index (κ1) is 12.0. The lowest BCUT2D eigenvalue weighted by Gasteiger charge is -2.28. The standard InChI is InChI=1S/C12H15FN2O2/c13-9-7-14-6-5-8(9)12(17)15-10-3-1-2-4-11(10)16/h5-7,10-11,16H,1-4H2,(H,15,17). The molecule has 2 unspecified atom stereocenters. The molecular formula is C12H15FN2O2. The molecule has 0 radical (unpaired) electrons. The monoisotopic (exact) mass is 238 g/mol. The van der Waals surface area contributed by atoms with Gasteiger partial charge in [-0.25, -0.2) is 4.39 Å². The first-order valence-electron chi connectivity index (χ1n) is 5.77. The van der Waals surface area contributed by atoms with Crippen molar-refractivity contribution in [3.05, 3.63) is 29.8 Å². The van der Waals surface area contributed by atoms with Crippen molar-refractivity contribution in [3.63, 3.8) is 0 Å². The molecule has 0 spiro atoms. The molecule has 1 heterocycles. The van der Waals surface area contributed by atoms with Crippen LogP contribution >= 0.6 is 0 Å². The molecule has 1 saturated carbocycles. The lowest BCUT2D eigenvalue weighted by molar-refractivity contribution is 0.0714. The Morgan fingerprint density at radius 2 is 2.24 bits per heavy atom. The van der Waals surface area contributed by atoms with Crippen LogP contribution in [0.5, 0.6) is 0 Å². The minimum absolute atomic E-state index is 0.0298. The van der Waals surface area contributed by atoms with Gasteiger partial charge < -0.3 is 10.4 Å². The SMILES string of the molecule is O=C(NC1CCCCC1O)c1ccncc1F. The summed E-state index contributed by atoms with van der Waals surface area (Å²) in [6, 6.07) is 1.06. The van der Waals surface area contributed by atoms with Gasteiger partial charge in [-0.05, 0) is 18.9 Å². The molecule has 92 valence electrons. The molecule has 2 atom stereocenters. The zero-order chi connectivity index (χ0) is 12.3. The van der Waals surface area contributed by atoms with Gasteiger partial charge in [0.25, 0.3) is 5.91 Å². The number of amides is 1. The molecule has 0 bridgehead atoms. The third-order valence-electron chi connectivity index (χ3n) is 3.06. The number of aromatic nitrogens is 1. The van der Waals surface area contributed by atoms with Crippen molar-refractivity contribution >= 4 is 5.91 Å². The predicted molar refractivity (Wildman–Crippen MR) is 59.9 cm³/mol. The Balaban J connectivity index is 2.04. The highest BCUT2D eigenvalue weighted by atomic mass is 19.1. The third kappa shape index (κ3) is 2.79. The van der Waals surface area contributed by atoms with E-state index >= 15 is 0 Å². The quantitative estimate of drug-likeness (QED) is 0.815. The van der Waals surface area contributed by atoms with Gasteiger partial charge in [0.2, 0.25) is 0 Å². The molecule has 1 fully saturated rings. The normalized spacial score (nSPS) is 24.4. The Kier molecular flexibility index (Phi) is 3.68. The third-order valence-corrected chi connectivity index (χ3v) is 3.06. The molecule has 2 N–H and O–H groups in total. The van der Waals surface area contributed by atoms with E-state index in [0.717, 1.165) is 25.5 Å². The summed E-state index contributed by atoms with van der Waals surface area (Å²) in [5, 5.41) is 12.4. The van der Waals surface area contributed by atoms with Gasteiger partial charge >= 0.3 is 0 Å². The van der Waals surface area contributed by atoms with Crippen molar-refractivity contribution in [1.82, 2.24) is 10.3 Å². The molecule has 1 aromatic rings. The van der Waals surface area contributed by atoms with Gasteiger partial charge in [0, 0.05) is 6.20 Å². The highest BCUT2D eigenvalue weighted by molar-refractivity contribution is 5.94. The average molecular weight is 238 g/mol. The predicted octanol–water partition coefficient (Wildman–Crippen LogP) is 1.25. The summed E-state index contributed by atoms with van der Waals surface area (Å²) >= 11 is 0. The molecule has 4 nitrogen and oxygen atoms in total. The number of rotatable bonds is 2. The van der Waals surface area contributed by atoms with Crippen molar-refractivity contribution in [2.24, 2.45) is 0 Å². The molecule has 2 rings (SSSR count). The fourth-order valence-corrected chi connectivity index (χ4v) is 2.09. The Hall–Kier alpha value is -1.49. The number of carbonyl (C=O) groups is 1. The molecule has 0 saturated heterocycles. The van der Waals surface area contributed by atoms with Crippen LogP contribution in [0.1, 0.15) is 36.0 Å². The van der Waals surface area contributed by atoms with E-state index in [9.17, 15) is 14.3 Å². The van der Waals surface area contributed by atoms with Gasteiger partial charge in [-0.15, -0.1) is 0 Å². The molecule has 0 aliphatic heterocycles. The Labute approximate surface area is 98.9 Å². The topological polar surface area (TPSA) is 62.2 Å². The second-order valence-electron chi connectivity index (χ2n) is 4.29. The highest BCUT2D eigenvalue weighted by Gasteiger charge is 2.25. The maximum atomic E-state index is 13.3. The van der Waals surface area contributed by atoms with Crippen molar-refractivity contribution < 1.29 is 14.3 Å². The number of halogens is 1. The van der Waals surface area contributed by atoms with Gasteiger partial charge in [-0.2, -0.15) is 0 Å². The molecule has 1 amide bonds. The van der Waals surface area contributed by atoms with E-state index in [2.05, 4.69) is 10.3 Å². The summed E-state index contributed by atoms with van der Waals surface area (Å²) in [5.74, 6) is -1.13. The lowest BCUT2D eigenvalue weighted by Crippen LogP contribution is -2.45. The molecule has 1 aliphatic rings. The number of carbonyl (C=O) groups excluding carboxylic acids is 1. The second kappa shape index (κ2) is 5.23. The van der Waals surface area contributed by atoms with Gasteiger partial charge in [0.1, 0.15) is 0 Å². The molecule has 0 aromatic carbocycles. The highest BCUT2D eigenvalue weighted by Crippen LogP contribution is 2.19. The van der Waals surface area contributed by atoms with Crippen LogP contribution < -0.4 is 5.32 Å². The number of aliphatic hydroxyl groups excluding tert-OH is 1. The number of nitrogens with one attached hydrogen (secondary N) is 1. The van der Waals surface area contributed by atoms with E-state index in [1.165, 1.54) is 12.3 Å². The minimum Gasteiger partial charge on any atom is -0.391 e. The average Bonchev–Trinajstić information content (AvgIpc) is 2.32. The Morgan fingerprint density at radius 3 is 2.94 bits per heavy atom.